The van der Waals surface area contributed by atoms with Crippen LogP contribution in [0.4, 0.5) is 0 Å². The molecule has 0 amide bonds. The Morgan fingerprint density at radius 1 is 1.11 bits per heavy atom. The summed E-state index contributed by atoms with van der Waals surface area (Å²) < 4.78 is 0. The zero-order chi connectivity index (χ0) is 6.15. The van der Waals surface area contributed by atoms with E-state index in [9.17, 15) is 0 Å². The summed E-state index contributed by atoms with van der Waals surface area (Å²) in [6.45, 7) is 6.63. The van der Waals surface area contributed by atoms with E-state index in [1.54, 1.807) is 15.7 Å². The molecule has 0 N–H and O–H groups in total. The van der Waals surface area contributed by atoms with Crippen molar-refractivity contribution in [3.63, 3.8) is 0 Å². The van der Waals surface area contributed by atoms with Gasteiger partial charge in [0.1, 0.15) is 0 Å². The van der Waals surface area contributed by atoms with Crippen LogP contribution in [0.1, 0.15) is 25.1 Å². The summed E-state index contributed by atoms with van der Waals surface area (Å²) in [5.41, 5.74) is 0. The van der Waals surface area contributed by atoms with E-state index in [4.69, 9.17) is 0 Å². The Hall–Kier alpha value is 1.14. The number of hydrogen-bond donors (Lipinski definition) is 0. The van der Waals surface area contributed by atoms with Crippen LogP contribution in [0.2, 0.25) is 0 Å². The summed E-state index contributed by atoms with van der Waals surface area (Å²) in [5, 5.41) is 4.66. The smallest absolute Gasteiger partial charge is 0 e. The Labute approximate surface area is 81.5 Å². The Morgan fingerprint density at radius 2 is 1.67 bits per heavy atom. The molecule has 9 heavy (non-hydrogen) atoms. The Balaban J connectivity index is -0.0000000800. The van der Waals surface area contributed by atoms with Gasteiger partial charge in [0.15, 0.2) is 0 Å². The predicted molar refractivity (Wildman–Crippen MR) is 55.0 cm³/mol. The normalized spacial score (nSPS) is 21.9. The van der Waals surface area contributed by atoms with Crippen molar-refractivity contribution in [2.75, 3.05) is 0 Å². The molecular weight excluding hydrogens is 253 g/mol. The molecule has 0 atom stereocenters. The van der Waals surface area contributed by atoms with Crippen LogP contribution >= 0.6 is 16.8 Å². The van der Waals surface area contributed by atoms with E-state index in [0.29, 0.717) is 0 Å². The second kappa shape index (κ2) is 4.11. The Morgan fingerprint density at radius 3 is 1.78 bits per heavy atom. The third kappa shape index (κ3) is 2.70. The molecule has 0 bridgehead atoms. The van der Waals surface area contributed by atoms with E-state index in [1.807, 2.05) is 0 Å². The maximum absolute atomic E-state index is 2.21. The van der Waals surface area contributed by atoms with E-state index in [0.717, 1.165) is 0 Å². The Kier molecular flexibility index (Phi) is 4.63. The van der Waals surface area contributed by atoms with Gasteiger partial charge in [0.05, 0.1) is 0 Å². The van der Waals surface area contributed by atoms with Crippen molar-refractivity contribution in [1.29, 1.82) is 0 Å². The SMILES string of the molecule is CC1=PC(C)=C(C)[P]1.[HH].[HH].[HH].[Sn]. The predicted octanol–water partition coefficient (Wildman–Crippen LogP) is 3.65. The van der Waals surface area contributed by atoms with Gasteiger partial charge >= 0.3 is 0 Å². The fourth-order valence-corrected chi connectivity index (χ4v) is 3.37. The molecule has 53 valence electrons. The summed E-state index contributed by atoms with van der Waals surface area (Å²) in [7, 11) is 2.93. The summed E-state index contributed by atoms with van der Waals surface area (Å²) >= 11 is 0. The van der Waals surface area contributed by atoms with Crippen LogP contribution in [-0.4, -0.2) is 28.9 Å². The van der Waals surface area contributed by atoms with Crippen LogP contribution in [0.5, 0.6) is 0 Å². The molecule has 0 fully saturated rings. The van der Waals surface area contributed by atoms with Gasteiger partial charge in [0, 0.05) is 28.2 Å². The van der Waals surface area contributed by atoms with E-state index < -0.39 is 0 Å². The van der Waals surface area contributed by atoms with E-state index in [2.05, 4.69) is 20.8 Å². The van der Waals surface area contributed by atoms with Crippen LogP contribution in [0, 0.1) is 0 Å². The zero-order valence-corrected chi connectivity index (χ0v) is 10.5. The molecule has 0 aromatic rings. The van der Waals surface area contributed by atoms with Crippen molar-refractivity contribution in [2.45, 2.75) is 20.8 Å². The first-order chi connectivity index (χ1) is 3.70. The van der Waals surface area contributed by atoms with Gasteiger partial charge in [0.25, 0.3) is 0 Å². The van der Waals surface area contributed by atoms with Gasteiger partial charge in [-0.2, -0.15) is 0 Å². The van der Waals surface area contributed by atoms with E-state index >= 15 is 0 Å². The maximum Gasteiger partial charge on any atom is 0 e. The van der Waals surface area contributed by atoms with Gasteiger partial charge in [-0.25, -0.2) is 0 Å². The zero-order valence-electron chi connectivity index (χ0n) is 5.89. The molecule has 1 heterocycles. The minimum Gasteiger partial charge on any atom is -0.0684 e. The third-order valence-corrected chi connectivity index (χ3v) is 3.95. The molecule has 5 radical (unpaired) electrons. The monoisotopic (exact) mass is 269 g/mol. The summed E-state index contributed by atoms with van der Waals surface area (Å²) in [4.78, 5) is 0. The quantitative estimate of drug-likeness (QED) is 0.464. The second-order valence-electron chi connectivity index (χ2n) is 1.94. The van der Waals surface area contributed by atoms with Crippen LogP contribution in [-0.2, 0) is 0 Å². The van der Waals surface area contributed by atoms with E-state index in [-0.39, 0.29) is 28.2 Å². The summed E-state index contributed by atoms with van der Waals surface area (Å²) in [5.74, 6) is 0. The number of rotatable bonds is 0. The largest absolute Gasteiger partial charge is 0.0684 e. The molecule has 3 heteroatoms. The summed E-state index contributed by atoms with van der Waals surface area (Å²) in [6.07, 6.45) is 0. The van der Waals surface area contributed by atoms with Crippen molar-refractivity contribution in [3.8, 4) is 0 Å². The molecule has 0 aromatic carbocycles. The van der Waals surface area contributed by atoms with Gasteiger partial charge in [-0.1, -0.05) is 8.20 Å². The van der Waals surface area contributed by atoms with Crippen molar-refractivity contribution in [1.82, 2.24) is 0 Å². The second-order valence-corrected chi connectivity index (χ2v) is 5.42. The van der Waals surface area contributed by atoms with Crippen LogP contribution in [0.3, 0.4) is 0 Å². The number of hydrogen-bond acceptors (Lipinski definition) is 0. The molecule has 0 aliphatic carbocycles. The molecule has 0 unspecified atom stereocenters. The van der Waals surface area contributed by atoms with Gasteiger partial charge in [-0.05, 0) is 45.0 Å². The van der Waals surface area contributed by atoms with Crippen LogP contribution in [0.15, 0.2) is 10.6 Å². The van der Waals surface area contributed by atoms with Crippen LogP contribution < -0.4 is 0 Å². The van der Waals surface area contributed by atoms with Crippen molar-refractivity contribution in [2.24, 2.45) is 0 Å². The Bertz CT molecular complexity index is 180. The van der Waals surface area contributed by atoms with Crippen molar-refractivity contribution < 1.29 is 4.28 Å². The average molecular weight is 268 g/mol. The topological polar surface area (TPSA) is 0 Å². The minimum absolute atomic E-state index is 0. The first kappa shape index (κ1) is 10.1. The summed E-state index contributed by atoms with van der Waals surface area (Å²) in [6, 6.07) is 0. The third-order valence-electron chi connectivity index (χ3n) is 1.18. The van der Waals surface area contributed by atoms with Gasteiger partial charge in [-0.15, -0.1) is 0 Å². The number of allylic oxidation sites excluding steroid dienone is 2. The van der Waals surface area contributed by atoms with Gasteiger partial charge in [-0.3, -0.25) is 0 Å². The molecule has 0 aromatic heterocycles. The molecule has 0 saturated heterocycles. The molecular formula is C6H15P2Sn. The molecule has 1 aliphatic rings. The maximum atomic E-state index is 2.21. The molecule has 1 aliphatic heterocycles. The fraction of sp³-hybridized carbons (Fsp3) is 0.500. The molecule has 1 rings (SSSR count). The van der Waals surface area contributed by atoms with E-state index in [1.165, 1.54) is 16.8 Å². The van der Waals surface area contributed by atoms with Gasteiger partial charge in [0.2, 0.25) is 0 Å². The first-order valence-electron chi connectivity index (χ1n) is 2.64. The van der Waals surface area contributed by atoms with Gasteiger partial charge < -0.3 is 0 Å². The standard InChI is InChI=1S/C6H9P2.Sn.3H2/c1-4-5(2)8-6(3)7-4;;;;/h1-3H3;;3*1H. The first-order valence-corrected chi connectivity index (χ1v) is 4.43. The van der Waals surface area contributed by atoms with Crippen LogP contribution in [0.25, 0.3) is 0 Å². The minimum atomic E-state index is 0. The van der Waals surface area contributed by atoms with Crippen molar-refractivity contribution in [3.05, 3.63) is 10.6 Å². The fourth-order valence-electron chi connectivity index (χ4n) is 0.672. The average Bonchev–Trinajstić information content (AvgIpc) is 1.85. The molecule has 0 spiro atoms. The van der Waals surface area contributed by atoms with Crippen molar-refractivity contribution >= 4 is 45.7 Å². The molecule has 0 nitrogen and oxygen atoms in total. The molecule has 0 saturated carbocycles.